The summed E-state index contributed by atoms with van der Waals surface area (Å²) >= 11 is 0. The summed E-state index contributed by atoms with van der Waals surface area (Å²) in [4.78, 5) is 28.9. The highest BCUT2D eigenvalue weighted by Gasteiger charge is 2.14. The number of carbonyl (C=O) groups excluding carboxylic acids is 2. The molecule has 28 heavy (non-hydrogen) atoms. The van der Waals surface area contributed by atoms with E-state index >= 15 is 0 Å². The van der Waals surface area contributed by atoms with Crippen LogP contribution in [0, 0.1) is 0 Å². The van der Waals surface area contributed by atoms with Crippen LogP contribution >= 0.6 is 0 Å². The number of benzene rings is 2. The van der Waals surface area contributed by atoms with Crippen LogP contribution < -0.4 is 10.6 Å². The van der Waals surface area contributed by atoms with Crippen molar-refractivity contribution in [1.82, 2.24) is 9.80 Å². The number of anilines is 2. The number of piperazine rings is 1. The summed E-state index contributed by atoms with van der Waals surface area (Å²) in [5.41, 5.74) is 3.10. The molecule has 0 radical (unpaired) electrons. The molecule has 0 unspecified atom stereocenters. The molecule has 0 spiro atoms. The van der Waals surface area contributed by atoms with Crippen LogP contribution in [0.3, 0.4) is 0 Å². The minimum atomic E-state index is -0.190. The van der Waals surface area contributed by atoms with E-state index in [1.165, 1.54) is 5.56 Å². The molecular weight excluding hydrogens is 352 g/mol. The molecule has 6 heteroatoms. The summed E-state index contributed by atoms with van der Waals surface area (Å²) < 4.78 is 0. The molecule has 0 aliphatic carbocycles. The van der Waals surface area contributed by atoms with Crippen LogP contribution in [0.25, 0.3) is 0 Å². The smallest absolute Gasteiger partial charge is 0.255 e. The molecule has 3 rings (SSSR count). The van der Waals surface area contributed by atoms with Crippen molar-refractivity contribution in [1.29, 1.82) is 0 Å². The third kappa shape index (κ3) is 5.65. The Balaban J connectivity index is 1.62. The van der Waals surface area contributed by atoms with Gasteiger partial charge in [0.05, 0.1) is 0 Å². The number of rotatable bonds is 6. The molecule has 0 atom stereocenters. The molecule has 0 saturated carbocycles. The number of nitrogens with one attached hydrogen (secondary N) is 2. The normalized spacial score (nSPS) is 15.2. The highest BCUT2D eigenvalue weighted by atomic mass is 16.2. The predicted octanol–water partition coefficient (Wildman–Crippen LogP) is 3.03. The van der Waals surface area contributed by atoms with Crippen molar-refractivity contribution in [3.63, 3.8) is 0 Å². The Morgan fingerprint density at radius 2 is 1.61 bits per heavy atom. The predicted molar refractivity (Wildman–Crippen MR) is 113 cm³/mol. The van der Waals surface area contributed by atoms with E-state index in [2.05, 4.69) is 33.5 Å². The van der Waals surface area contributed by atoms with Crippen molar-refractivity contribution in [2.24, 2.45) is 0 Å². The number of amides is 2. The van der Waals surface area contributed by atoms with E-state index in [0.29, 0.717) is 17.7 Å². The molecule has 148 valence electrons. The third-order valence-corrected chi connectivity index (χ3v) is 4.92. The van der Waals surface area contributed by atoms with Crippen LogP contribution in [-0.2, 0) is 11.3 Å². The van der Waals surface area contributed by atoms with E-state index in [-0.39, 0.29) is 11.8 Å². The van der Waals surface area contributed by atoms with Crippen LogP contribution in [0.5, 0.6) is 0 Å². The second-order valence-corrected chi connectivity index (χ2v) is 7.22. The average molecular weight is 380 g/mol. The summed E-state index contributed by atoms with van der Waals surface area (Å²) in [6.45, 7) is 6.96. The summed E-state index contributed by atoms with van der Waals surface area (Å²) in [5.74, 6) is -0.265. The van der Waals surface area contributed by atoms with Crippen LogP contribution in [0.2, 0.25) is 0 Å². The van der Waals surface area contributed by atoms with Gasteiger partial charge >= 0.3 is 0 Å². The molecule has 1 fully saturated rings. The van der Waals surface area contributed by atoms with Crippen molar-refractivity contribution >= 4 is 23.2 Å². The molecule has 1 heterocycles. The molecule has 1 aliphatic heterocycles. The summed E-state index contributed by atoms with van der Waals surface area (Å²) in [6, 6.07) is 15.0. The Morgan fingerprint density at radius 3 is 2.32 bits per heavy atom. The quantitative estimate of drug-likeness (QED) is 0.809. The SMILES string of the molecule is CCC(=O)Nc1cccc(C(=O)Nc2cccc(CN3CCN(C)CC3)c2)c1. The average Bonchev–Trinajstić information content (AvgIpc) is 2.70. The Labute approximate surface area is 166 Å². The molecule has 2 aromatic carbocycles. The minimum Gasteiger partial charge on any atom is -0.326 e. The first-order valence-electron chi connectivity index (χ1n) is 9.74. The van der Waals surface area contributed by atoms with Gasteiger partial charge < -0.3 is 15.5 Å². The first-order chi connectivity index (χ1) is 13.5. The van der Waals surface area contributed by atoms with E-state index in [1.807, 2.05) is 18.2 Å². The third-order valence-electron chi connectivity index (χ3n) is 4.92. The minimum absolute atomic E-state index is 0.0748. The second kappa shape index (κ2) is 9.48. The van der Waals surface area contributed by atoms with Gasteiger partial charge in [-0.1, -0.05) is 25.1 Å². The van der Waals surface area contributed by atoms with E-state index < -0.39 is 0 Å². The molecule has 1 aliphatic rings. The number of nitrogens with zero attached hydrogens (tertiary/aromatic N) is 2. The highest BCUT2D eigenvalue weighted by Crippen LogP contribution is 2.17. The second-order valence-electron chi connectivity index (χ2n) is 7.22. The van der Waals surface area contributed by atoms with Crippen molar-refractivity contribution in [2.75, 3.05) is 43.9 Å². The van der Waals surface area contributed by atoms with E-state index in [9.17, 15) is 9.59 Å². The molecule has 1 saturated heterocycles. The topological polar surface area (TPSA) is 64.7 Å². The summed E-state index contributed by atoms with van der Waals surface area (Å²) in [7, 11) is 2.15. The molecule has 0 aromatic heterocycles. The van der Waals surface area contributed by atoms with Gasteiger partial charge in [-0.25, -0.2) is 0 Å². The standard InChI is InChI=1S/C22H28N4O2/c1-3-21(27)23-20-9-5-7-18(15-20)22(28)24-19-8-4-6-17(14-19)16-26-12-10-25(2)11-13-26/h4-9,14-15H,3,10-13,16H2,1-2H3,(H,23,27)(H,24,28). The van der Waals surface area contributed by atoms with E-state index in [0.717, 1.165) is 38.4 Å². The Hall–Kier alpha value is -2.70. The lowest BCUT2D eigenvalue weighted by Crippen LogP contribution is -2.43. The van der Waals surface area contributed by atoms with Crippen molar-refractivity contribution in [3.8, 4) is 0 Å². The lowest BCUT2D eigenvalue weighted by Gasteiger charge is -2.32. The van der Waals surface area contributed by atoms with Crippen molar-refractivity contribution < 1.29 is 9.59 Å². The molecular formula is C22H28N4O2. The van der Waals surface area contributed by atoms with Gasteiger partial charge in [0.2, 0.25) is 5.91 Å². The van der Waals surface area contributed by atoms with Crippen LogP contribution in [0.15, 0.2) is 48.5 Å². The fourth-order valence-corrected chi connectivity index (χ4v) is 3.20. The van der Waals surface area contributed by atoms with Gasteiger partial charge in [-0.15, -0.1) is 0 Å². The van der Waals surface area contributed by atoms with Gasteiger partial charge in [0, 0.05) is 56.1 Å². The maximum absolute atomic E-state index is 12.6. The zero-order valence-electron chi connectivity index (χ0n) is 16.6. The van der Waals surface area contributed by atoms with Gasteiger partial charge in [-0.2, -0.15) is 0 Å². The Morgan fingerprint density at radius 1 is 0.929 bits per heavy atom. The lowest BCUT2D eigenvalue weighted by molar-refractivity contribution is -0.115. The van der Waals surface area contributed by atoms with E-state index in [1.54, 1.807) is 31.2 Å². The first kappa shape index (κ1) is 20.0. The van der Waals surface area contributed by atoms with Crippen LogP contribution in [-0.4, -0.2) is 54.8 Å². The fraction of sp³-hybridized carbons (Fsp3) is 0.364. The highest BCUT2D eigenvalue weighted by molar-refractivity contribution is 6.05. The molecule has 2 N–H and O–H groups in total. The van der Waals surface area contributed by atoms with Crippen molar-refractivity contribution in [3.05, 3.63) is 59.7 Å². The van der Waals surface area contributed by atoms with Gasteiger partial charge in [0.25, 0.3) is 5.91 Å². The Kier molecular flexibility index (Phi) is 6.79. The molecule has 6 nitrogen and oxygen atoms in total. The fourth-order valence-electron chi connectivity index (χ4n) is 3.20. The maximum atomic E-state index is 12.6. The van der Waals surface area contributed by atoms with Gasteiger partial charge in [-0.3, -0.25) is 14.5 Å². The van der Waals surface area contributed by atoms with Gasteiger partial charge in [0.15, 0.2) is 0 Å². The zero-order chi connectivity index (χ0) is 19.9. The zero-order valence-corrected chi connectivity index (χ0v) is 16.6. The van der Waals surface area contributed by atoms with E-state index in [4.69, 9.17) is 0 Å². The first-order valence-corrected chi connectivity index (χ1v) is 9.74. The summed E-state index contributed by atoms with van der Waals surface area (Å²) in [5, 5.41) is 5.74. The largest absolute Gasteiger partial charge is 0.326 e. The lowest BCUT2D eigenvalue weighted by atomic mass is 10.1. The Bertz CT molecular complexity index is 829. The van der Waals surface area contributed by atoms with Crippen LogP contribution in [0.4, 0.5) is 11.4 Å². The molecule has 2 aromatic rings. The van der Waals surface area contributed by atoms with Gasteiger partial charge in [0.1, 0.15) is 0 Å². The molecule has 0 bridgehead atoms. The van der Waals surface area contributed by atoms with Crippen molar-refractivity contribution in [2.45, 2.75) is 19.9 Å². The van der Waals surface area contributed by atoms with Crippen LogP contribution in [0.1, 0.15) is 29.3 Å². The number of carbonyl (C=O) groups is 2. The molecule has 2 amide bonds. The number of likely N-dealkylation sites (N-methyl/N-ethyl adjacent to an activating group) is 1. The number of hydrogen-bond donors (Lipinski definition) is 2. The summed E-state index contributed by atoms with van der Waals surface area (Å²) in [6.07, 6.45) is 0.399. The van der Waals surface area contributed by atoms with Gasteiger partial charge in [-0.05, 0) is 42.9 Å². The number of hydrogen-bond acceptors (Lipinski definition) is 4. The monoisotopic (exact) mass is 380 g/mol. The maximum Gasteiger partial charge on any atom is 0.255 e.